The topological polar surface area (TPSA) is 71.1 Å². The predicted molar refractivity (Wildman–Crippen MR) is 96.3 cm³/mol. The van der Waals surface area contributed by atoms with E-state index in [1.807, 2.05) is 19.9 Å². The number of carbonyl (C=O) groups excluding carboxylic acids is 2. The lowest BCUT2D eigenvalue weighted by Crippen LogP contribution is -2.38. The Kier molecular flexibility index (Phi) is 4.26. The van der Waals surface area contributed by atoms with Crippen molar-refractivity contribution >= 4 is 11.8 Å². The molecule has 6 heteroatoms. The summed E-state index contributed by atoms with van der Waals surface area (Å²) in [5.74, 6) is -0.0918. The number of rotatable bonds is 3. The average molecular weight is 368 g/mol. The molecule has 0 bridgehead atoms. The maximum absolute atomic E-state index is 13.2. The number of methoxy groups -OCH3 is 1. The van der Waals surface area contributed by atoms with Gasteiger partial charge in [-0.1, -0.05) is 26.0 Å². The highest BCUT2D eigenvalue weighted by molar-refractivity contribution is 6.11. The third-order valence-electron chi connectivity index (χ3n) is 4.96. The summed E-state index contributed by atoms with van der Waals surface area (Å²) in [4.78, 5) is 25.6. The molecule has 2 aliphatic rings. The van der Waals surface area contributed by atoms with E-state index in [2.05, 4.69) is 0 Å². The van der Waals surface area contributed by atoms with E-state index in [0.29, 0.717) is 28.4 Å². The van der Waals surface area contributed by atoms with Gasteiger partial charge in [0.15, 0.2) is 23.2 Å². The molecule has 0 radical (unpaired) electrons. The number of ketones is 1. The van der Waals surface area contributed by atoms with Crippen molar-refractivity contribution in [2.45, 2.75) is 25.9 Å². The third-order valence-corrected chi connectivity index (χ3v) is 4.96. The number of benzene rings is 2. The molecule has 0 aliphatic carbocycles. The van der Waals surface area contributed by atoms with Crippen LogP contribution in [0.5, 0.6) is 17.2 Å². The summed E-state index contributed by atoms with van der Waals surface area (Å²) < 4.78 is 21.7. The fourth-order valence-corrected chi connectivity index (χ4v) is 3.42. The monoisotopic (exact) mass is 368 g/mol. The summed E-state index contributed by atoms with van der Waals surface area (Å²) in [5, 5.41) is 0. The highest BCUT2D eigenvalue weighted by atomic mass is 16.7. The van der Waals surface area contributed by atoms with E-state index in [0.717, 1.165) is 5.56 Å². The van der Waals surface area contributed by atoms with Gasteiger partial charge in [-0.25, -0.2) is 0 Å². The van der Waals surface area contributed by atoms with Crippen LogP contribution in [0.3, 0.4) is 0 Å². The van der Waals surface area contributed by atoms with Crippen LogP contribution in [0.1, 0.15) is 47.4 Å². The first-order chi connectivity index (χ1) is 13.0. The Bertz CT molecular complexity index is 917. The molecule has 27 heavy (non-hydrogen) atoms. The summed E-state index contributed by atoms with van der Waals surface area (Å²) in [5.41, 5.74) is 2.08. The number of hydrogen-bond acceptors (Lipinski definition) is 6. The molecule has 2 aromatic rings. The van der Waals surface area contributed by atoms with E-state index < -0.39 is 18.0 Å². The van der Waals surface area contributed by atoms with Crippen molar-refractivity contribution in [3.63, 3.8) is 0 Å². The molecule has 0 spiro atoms. The molecule has 0 aromatic heterocycles. The minimum Gasteiger partial charge on any atom is -0.484 e. The minimum absolute atomic E-state index is 0.143. The van der Waals surface area contributed by atoms with Crippen molar-refractivity contribution in [1.29, 1.82) is 0 Å². The van der Waals surface area contributed by atoms with Crippen molar-refractivity contribution in [2.24, 2.45) is 5.92 Å². The maximum atomic E-state index is 13.2. The highest BCUT2D eigenvalue weighted by Gasteiger charge is 2.44. The van der Waals surface area contributed by atoms with E-state index in [1.165, 1.54) is 7.11 Å². The van der Waals surface area contributed by atoms with Crippen LogP contribution in [0.2, 0.25) is 0 Å². The highest BCUT2D eigenvalue weighted by Crippen LogP contribution is 2.43. The molecule has 2 atom stereocenters. The third kappa shape index (κ3) is 2.91. The molecule has 0 amide bonds. The molecule has 4 rings (SSSR count). The van der Waals surface area contributed by atoms with Gasteiger partial charge in [0.2, 0.25) is 6.79 Å². The molecule has 0 saturated carbocycles. The number of fused-ring (bicyclic) bond motifs is 2. The Labute approximate surface area is 157 Å². The van der Waals surface area contributed by atoms with Gasteiger partial charge in [0.1, 0.15) is 11.9 Å². The number of ether oxygens (including phenoxy) is 4. The minimum atomic E-state index is -1.08. The largest absolute Gasteiger partial charge is 0.484 e. The quantitative estimate of drug-likeness (QED) is 0.608. The number of carbonyl (C=O) groups is 2. The molecule has 0 N–H and O–H groups in total. The molecule has 2 heterocycles. The number of Topliss-reactive ketones (excluding diaryl/α,β-unsaturated/α-hetero) is 1. The van der Waals surface area contributed by atoms with Gasteiger partial charge in [-0.3, -0.25) is 9.59 Å². The van der Waals surface area contributed by atoms with E-state index in [9.17, 15) is 9.59 Å². The van der Waals surface area contributed by atoms with Crippen LogP contribution >= 0.6 is 0 Å². The van der Waals surface area contributed by atoms with Gasteiger partial charge in [-0.2, -0.15) is 0 Å². The standard InChI is InChI=1S/C21H20O6/c1-11(2)12-4-6-15-14(8-12)19(22)18(21(23)24-3)20(27-15)13-5-7-16-17(9-13)26-10-25-16/h4-9,11,18,20H,10H2,1-3H3/t18-,20+/m0/s1. The van der Waals surface area contributed by atoms with Crippen molar-refractivity contribution < 1.29 is 28.5 Å². The molecule has 2 aliphatic heterocycles. The Morgan fingerprint density at radius 1 is 1.07 bits per heavy atom. The molecular formula is C21H20O6. The smallest absolute Gasteiger partial charge is 0.320 e. The Hall–Kier alpha value is -3.02. The SMILES string of the molecule is COC(=O)[C@H]1C(=O)c2cc(C(C)C)ccc2O[C@@H]1c1ccc2c(c1)OCO2. The molecule has 0 saturated heterocycles. The first-order valence-electron chi connectivity index (χ1n) is 8.81. The van der Waals surface area contributed by atoms with Gasteiger partial charge in [0, 0.05) is 0 Å². The van der Waals surface area contributed by atoms with Gasteiger partial charge in [-0.15, -0.1) is 0 Å². The zero-order valence-corrected chi connectivity index (χ0v) is 15.4. The van der Waals surface area contributed by atoms with Gasteiger partial charge in [0.05, 0.1) is 12.7 Å². The first-order valence-corrected chi connectivity index (χ1v) is 8.81. The van der Waals surface area contributed by atoms with Crippen LogP contribution in [-0.2, 0) is 9.53 Å². The molecule has 140 valence electrons. The summed E-state index contributed by atoms with van der Waals surface area (Å²) >= 11 is 0. The van der Waals surface area contributed by atoms with Crippen molar-refractivity contribution in [3.8, 4) is 17.2 Å². The van der Waals surface area contributed by atoms with Crippen LogP contribution in [0.25, 0.3) is 0 Å². The lowest BCUT2D eigenvalue weighted by atomic mass is 9.84. The average Bonchev–Trinajstić information content (AvgIpc) is 3.14. The van der Waals surface area contributed by atoms with Crippen molar-refractivity contribution in [2.75, 3.05) is 13.9 Å². The van der Waals surface area contributed by atoms with E-state index in [-0.39, 0.29) is 18.5 Å². The molecule has 6 nitrogen and oxygen atoms in total. The maximum Gasteiger partial charge on any atom is 0.320 e. The number of hydrogen-bond donors (Lipinski definition) is 0. The Morgan fingerprint density at radius 3 is 2.56 bits per heavy atom. The molecule has 2 aromatic carbocycles. The first kappa shape index (κ1) is 17.4. The van der Waals surface area contributed by atoms with Crippen LogP contribution < -0.4 is 14.2 Å². The van der Waals surface area contributed by atoms with Crippen LogP contribution in [0.4, 0.5) is 0 Å². The number of esters is 1. The molecule has 0 unspecified atom stereocenters. The van der Waals surface area contributed by atoms with E-state index >= 15 is 0 Å². The molecular weight excluding hydrogens is 348 g/mol. The summed E-state index contributed by atoms with van der Waals surface area (Å²) in [6.07, 6.45) is -0.795. The van der Waals surface area contributed by atoms with E-state index in [4.69, 9.17) is 18.9 Å². The zero-order chi connectivity index (χ0) is 19.1. The lowest BCUT2D eigenvalue weighted by Gasteiger charge is -2.31. The Balaban J connectivity index is 1.79. The second-order valence-electron chi connectivity index (χ2n) is 6.93. The van der Waals surface area contributed by atoms with Crippen LogP contribution in [-0.4, -0.2) is 25.7 Å². The van der Waals surface area contributed by atoms with E-state index in [1.54, 1.807) is 30.3 Å². The fourth-order valence-electron chi connectivity index (χ4n) is 3.42. The van der Waals surface area contributed by atoms with Crippen molar-refractivity contribution in [3.05, 3.63) is 53.1 Å². The van der Waals surface area contributed by atoms with Crippen LogP contribution in [0, 0.1) is 5.92 Å². The Morgan fingerprint density at radius 2 is 1.81 bits per heavy atom. The summed E-state index contributed by atoms with van der Waals surface area (Å²) in [6.45, 7) is 4.23. The summed E-state index contributed by atoms with van der Waals surface area (Å²) in [6, 6.07) is 10.8. The van der Waals surface area contributed by atoms with Crippen molar-refractivity contribution in [1.82, 2.24) is 0 Å². The summed E-state index contributed by atoms with van der Waals surface area (Å²) in [7, 11) is 1.27. The van der Waals surface area contributed by atoms with Crippen LogP contribution in [0.15, 0.2) is 36.4 Å². The lowest BCUT2D eigenvalue weighted by molar-refractivity contribution is -0.146. The van der Waals surface area contributed by atoms with Gasteiger partial charge < -0.3 is 18.9 Å². The second-order valence-corrected chi connectivity index (χ2v) is 6.93. The van der Waals surface area contributed by atoms with Gasteiger partial charge >= 0.3 is 5.97 Å². The normalized spacial score (nSPS) is 20.2. The molecule has 0 fully saturated rings. The zero-order valence-electron chi connectivity index (χ0n) is 15.4. The predicted octanol–water partition coefficient (Wildman–Crippen LogP) is 3.64. The fraction of sp³-hybridized carbons (Fsp3) is 0.333. The van der Waals surface area contributed by atoms with Gasteiger partial charge in [0.25, 0.3) is 0 Å². The second kappa shape index (κ2) is 6.61. The van der Waals surface area contributed by atoms with Gasteiger partial charge in [-0.05, 0) is 41.3 Å².